The van der Waals surface area contributed by atoms with Gasteiger partial charge >= 0.3 is 11.0 Å². The minimum atomic E-state index is -4.23. The maximum atomic E-state index is 11.6. The molecule has 0 saturated heterocycles. The molecule has 1 aromatic rings. The number of rotatable bonds is 2. The largest absolute Gasteiger partial charge is 0.390 e. The molecule has 68 valence electrons. The third-order valence-electron chi connectivity index (χ3n) is 1.16. The molecule has 0 aliphatic heterocycles. The Hall–Kier alpha value is -0.850. The smallest absolute Gasteiger partial charge is 0.255 e. The molecule has 0 spiro atoms. The van der Waals surface area contributed by atoms with Crippen molar-refractivity contribution in [3.8, 4) is 0 Å². The van der Waals surface area contributed by atoms with E-state index in [4.69, 9.17) is 0 Å². The van der Waals surface area contributed by atoms with E-state index in [0.717, 1.165) is 16.0 Å². The summed E-state index contributed by atoms with van der Waals surface area (Å²) in [4.78, 5) is 10.2. The molecule has 1 heterocycles. The van der Waals surface area contributed by atoms with Crippen LogP contribution in [0.5, 0.6) is 0 Å². The van der Waals surface area contributed by atoms with E-state index in [0.29, 0.717) is 0 Å². The zero-order chi connectivity index (χ0) is 9.19. The van der Waals surface area contributed by atoms with Crippen LogP contribution in [0.2, 0.25) is 0 Å². The number of nitrogens with zero attached hydrogens (tertiary/aromatic N) is 2. The van der Waals surface area contributed by atoms with Crippen molar-refractivity contribution >= 4 is 11.3 Å². The van der Waals surface area contributed by atoms with E-state index in [1.807, 2.05) is 0 Å². The Morgan fingerprint density at radius 2 is 2.25 bits per heavy atom. The van der Waals surface area contributed by atoms with Crippen molar-refractivity contribution in [2.45, 2.75) is 19.1 Å². The number of aromatic nitrogens is 2. The van der Waals surface area contributed by atoms with Gasteiger partial charge in [-0.1, -0.05) is 11.3 Å². The minimum Gasteiger partial charge on any atom is -0.255 e. The molecular weight excluding hydrogens is 193 g/mol. The van der Waals surface area contributed by atoms with Crippen molar-refractivity contribution in [2.75, 3.05) is 0 Å². The first-order valence-corrected chi connectivity index (χ1v) is 3.94. The molecule has 7 heteroatoms. The zero-order valence-corrected chi connectivity index (χ0v) is 6.65. The molecular formula is C5H5F3N2OS. The molecule has 0 aliphatic carbocycles. The van der Waals surface area contributed by atoms with Crippen molar-refractivity contribution in [1.82, 2.24) is 9.78 Å². The molecule has 0 N–H and O–H groups in total. The molecule has 0 atom stereocenters. The van der Waals surface area contributed by atoms with Gasteiger partial charge in [0.05, 0.1) is 13.0 Å². The van der Waals surface area contributed by atoms with E-state index < -0.39 is 24.0 Å². The molecule has 0 aliphatic rings. The van der Waals surface area contributed by atoms with E-state index in [1.165, 1.54) is 5.51 Å². The van der Waals surface area contributed by atoms with Gasteiger partial charge < -0.3 is 0 Å². The fourth-order valence-electron chi connectivity index (χ4n) is 0.615. The summed E-state index contributed by atoms with van der Waals surface area (Å²) in [5, 5.41) is 3.44. The highest BCUT2D eigenvalue weighted by atomic mass is 32.1. The minimum absolute atomic E-state index is 0.397. The van der Waals surface area contributed by atoms with Gasteiger partial charge in [0.15, 0.2) is 0 Å². The Bertz CT molecular complexity index is 302. The maximum absolute atomic E-state index is 11.6. The number of alkyl halides is 3. The van der Waals surface area contributed by atoms with Crippen molar-refractivity contribution in [3.05, 3.63) is 15.2 Å². The second-order valence-electron chi connectivity index (χ2n) is 2.09. The lowest BCUT2D eigenvalue weighted by molar-refractivity contribution is -0.137. The van der Waals surface area contributed by atoms with Crippen LogP contribution in [-0.4, -0.2) is 16.0 Å². The molecule has 0 amide bonds. The van der Waals surface area contributed by atoms with Crippen LogP contribution >= 0.6 is 11.3 Å². The molecule has 0 saturated carbocycles. The lowest BCUT2D eigenvalue weighted by atomic mass is 10.4. The van der Waals surface area contributed by atoms with Crippen molar-refractivity contribution in [2.24, 2.45) is 0 Å². The molecule has 3 nitrogen and oxygen atoms in total. The standard InChI is InChI=1S/C5H5F3N2OS/c6-5(7,8)1-2-10-4(11)12-3-9-10/h3H,1-2H2. The lowest BCUT2D eigenvalue weighted by Crippen LogP contribution is -2.19. The van der Waals surface area contributed by atoms with Crippen LogP contribution in [0.15, 0.2) is 10.3 Å². The predicted molar refractivity (Wildman–Crippen MR) is 37.0 cm³/mol. The number of halogens is 3. The Labute approximate surface area is 69.4 Å². The molecule has 0 unspecified atom stereocenters. The Balaban J connectivity index is 2.55. The van der Waals surface area contributed by atoms with Crippen molar-refractivity contribution in [3.63, 3.8) is 0 Å². The summed E-state index contributed by atoms with van der Waals surface area (Å²) in [7, 11) is 0. The van der Waals surface area contributed by atoms with Gasteiger partial charge in [-0.2, -0.15) is 18.3 Å². The second kappa shape index (κ2) is 3.26. The van der Waals surface area contributed by atoms with Gasteiger partial charge in [0.1, 0.15) is 5.51 Å². The topological polar surface area (TPSA) is 34.9 Å². The Kier molecular flexibility index (Phi) is 2.51. The van der Waals surface area contributed by atoms with Crippen LogP contribution in [0.25, 0.3) is 0 Å². The zero-order valence-electron chi connectivity index (χ0n) is 5.84. The highest BCUT2D eigenvalue weighted by molar-refractivity contribution is 7.06. The quantitative estimate of drug-likeness (QED) is 0.717. The van der Waals surface area contributed by atoms with Gasteiger partial charge in [0, 0.05) is 0 Å². The molecule has 0 bridgehead atoms. The number of hydrogen-bond donors (Lipinski definition) is 0. The van der Waals surface area contributed by atoms with Gasteiger partial charge in [-0.3, -0.25) is 4.79 Å². The molecule has 0 radical (unpaired) electrons. The van der Waals surface area contributed by atoms with E-state index in [-0.39, 0.29) is 0 Å². The van der Waals surface area contributed by atoms with Gasteiger partial charge in [0.25, 0.3) is 0 Å². The normalized spacial score (nSPS) is 11.9. The maximum Gasteiger partial charge on any atom is 0.390 e. The highest BCUT2D eigenvalue weighted by Crippen LogP contribution is 2.19. The Morgan fingerprint density at radius 3 is 2.67 bits per heavy atom. The SMILES string of the molecule is O=c1scnn1CCC(F)(F)F. The van der Waals surface area contributed by atoms with E-state index in [2.05, 4.69) is 5.10 Å². The van der Waals surface area contributed by atoms with Crippen LogP contribution in [0.4, 0.5) is 13.2 Å². The first-order valence-electron chi connectivity index (χ1n) is 3.06. The van der Waals surface area contributed by atoms with Gasteiger partial charge in [0.2, 0.25) is 0 Å². The lowest BCUT2D eigenvalue weighted by Gasteiger charge is -2.04. The van der Waals surface area contributed by atoms with Gasteiger partial charge in [-0.25, -0.2) is 4.68 Å². The van der Waals surface area contributed by atoms with Crippen LogP contribution in [-0.2, 0) is 6.54 Å². The summed E-state index contributed by atoms with van der Waals surface area (Å²) < 4.78 is 35.7. The highest BCUT2D eigenvalue weighted by Gasteiger charge is 2.27. The van der Waals surface area contributed by atoms with E-state index in [9.17, 15) is 18.0 Å². The third-order valence-corrected chi connectivity index (χ3v) is 1.77. The summed E-state index contributed by atoms with van der Waals surface area (Å²) in [5.74, 6) is 0. The average Bonchev–Trinajstić information content (AvgIpc) is 2.29. The number of aryl methyl sites for hydroxylation is 1. The monoisotopic (exact) mass is 198 g/mol. The Morgan fingerprint density at radius 1 is 1.58 bits per heavy atom. The summed E-state index contributed by atoms with van der Waals surface area (Å²) in [6.07, 6.45) is -5.25. The molecule has 12 heavy (non-hydrogen) atoms. The fourth-order valence-corrected chi connectivity index (χ4v) is 1.13. The first kappa shape index (κ1) is 9.24. The molecule has 1 rings (SSSR count). The van der Waals surface area contributed by atoms with E-state index in [1.54, 1.807) is 0 Å². The van der Waals surface area contributed by atoms with Crippen LogP contribution in [0, 0.1) is 0 Å². The second-order valence-corrected chi connectivity index (χ2v) is 2.89. The van der Waals surface area contributed by atoms with E-state index >= 15 is 0 Å². The van der Waals surface area contributed by atoms with Crippen molar-refractivity contribution in [1.29, 1.82) is 0 Å². The van der Waals surface area contributed by atoms with Gasteiger partial charge in [-0.05, 0) is 0 Å². The average molecular weight is 198 g/mol. The molecule has 0 aromatic carbocycles. The number of hydrogen-bond acceptors (Lipinski definition) is 3. The first-order chi connectivity index (χ1) is 5.49. The molecule has 0 fully saturated rings. The van der Waals surface area contributed by atoms with Crippen LogP contribution < -0.4 is 4.87 Å². The third kappa shape index (κ3) is 2.65. The summed E-state index contributed by atoms with van der Waals surface area (Å²) in [6.45, 7) is -0.397. The summed E-state index contributed by atoms with van der Waals surface area (Å²) in [5.41, 5.74) is 1.22. The van der Waals surface area contributed by atoms with Crippen LogP contribution in [0.1, 0.15) is 6.42 Å². The predicted octanol–water partition coefficient (Wildman–Crippen LogP) is 1.26. The summed E-state index contributed by atoms with van der Waals surface area (Å²) in [6, 6.07) is 0. The van der Waals surface area contributed by atoms with Crippen molar-refractivity contribution < 1.29 is 13.2 Å². The fraction of sp³-hybridized carbons (Fsp3) is 0.600. The molecule has 1 aromatic heterocycles. The summed E-state index contributed by atoms with van der Waals surface area (Å²) >= 11 is 0.784. The van der Waals surface area contributed by atoms with Gasteiger partial charge in [-0.15, -0.1) is 0 Å². The van der Waals surface area contributed by atoms with Crippen LogP contribution in [0.3, 0.4) is 0 Å².